The number of carbonyl (C=O) groups excluding carboxylic acids is 1. The van der Waals surface area contributed by atoms with E-state index < -0.39 is 12.1 Å². The van der Waals surface area contributed by atoms with Gasteiger partial charge in [0, 0.05) is 19.6 Å². The average Bonchev–Trinajstić information content (AvgIpc) is 3.28. The Morgan fingerprint density at radius 2 is 1.84 bits per heavy atom. The number of nitrogens with one attached hydrogen (secondary N) is 1. The third kappa shape index (κ3) is 6.57. The lowest BCUT2D eigenvalue weighted by Gasteiger charge is -2.32. The SMILES string of the molecule is Cc1ccc(CN2CC3CC(C(=O)NCc4ccccc4)C(C2)O3)o1.O=C(O)C(F)(F)F. The number of halogens is 3. The summed E-state index contributed by atoms with van der Waals surface area (Å²) in [4.78, 5) is 23.8. The Kier molecular flexibility index (Phi) is 7.57. The lowest BCUT2D eigenvalue weighted by atomic mass is 9.99. The third-order valence-electron chi connectivity index (χ3n) is 5.30. The van der Waals surface area contributed by atoms with Crippen molar-refractivity contribution in [2.24, 2.45) is 5.92 Å². The molecule has 0 aliphatic carbocycles. The molecule has 2 fully saturated rings. The highest BCUT2D eigenvalue weighted by molar-refractivity contribution is 5.79. The zero-order chi connectivity index (χ0) is 23.3. The molecular weight excluding hydrogens is 429 g/mol. The molecule has 32 heavy (non-hydrogen) atoms. The first-order chi connectivity index (χ1) is 15.1. The number of ether oxygens (including phenoxy) is 1. The predicted molar refractivity (Wildman–Crippen MR) is 107 cm³/mol. The van der Waals surface area contributed by atoms with Crippen LogP contribution in [-0.4, -0.2) is 53.4 Å². The number of carboxylic acid groups (broad SMARTS) is 1. The molecule has 0 radical (unpaired) electrons. The lowest BCUT2D eigenvalue weighted by molar-refractivity contribution is -0.192. The van der Waals surface area contributed by atoms with Crippen LogP contribution in [0.4, 0.5) is 13.2 Å². The molecule has 1 aromatic carbocycles. The number of benzene rings is 1. The van der Waals surface area contributed by atoms with Gasteiger partial charge in [-0.25, -0.2) is 4.79 Å². The average molecular weight is 454 g/mol. The van der Waals surface area contributed by atoms with Crippen molar-refractivity contribution < 1.29 is 37.0 Å². The Labute approximate surface area is 183 Å². The Morgan fingerprint density at radius 3 is 2.44 bits per heavy atom. The minimum absolute atomic E-state index is 0.0226. The number of aliphatic carboxylic acids is 1. The molecule has 3 atom stereocenters. The second kappa shape index (κ2) is 10.2. The summed E-state index contributed by atoms with van der Waals surface area (Å²) in [5, 5.41) is 10.2. The number of rotatable bonds is 5. The number of fused-ring (bicyclic) bond motifs is 2. The number of amides is 1. The van der Waals surface area contributed by atoms with Gasteiger partial charge >= 0.3 is 12.1 Å². The lowest BCUT2D eigenvalue weighted by Crippen LogP contribution is -2.44. The standard InChI is InChI=1S/C20H24N2O3.C2HF3O2/c1-14-7-8-16(24-14)11-22-12-17-9-18(19(13-22)25-17)20(23)21-10-15-5-3-2-4-6-15;3-2(4,5)1(6)7/h2-8,17-19H,9-13H2,1H3,(H,21,23);(H,6,7). The minimum atomic E-state index is -5.08. The maximum absolute atomic E-state index is 12.6. The molecule has 1 amide bonds. The normalized spacial score (nSPS) is 22.7. The van der Waals surface area contributed by atoms with Gasteiger partial charge < -0.3 is 19.6 Å². The molecule has 2 aliphatic rings. The number of morpholine rings is 1. The van der Waals surface area contributed by atoms with Gasteiger partial charge in [-0.3, -0.25) is 9.69 Å². The largest absolute Gasteiger partial charge is 0.490 e. The number of carboxylic acids is 1. The van der Waals surface area contributed by atoms with Crippen LogP contribution in [0.2, 0.25) is 0 Å². The van der Waals surface area contributed by atoms with Gasteiger partial charge in [0.2, 0.25) is 5.91 Å². The topological polar surface area (TPSA) is 92.0 Å². The Balaban J connectivity index is 0.000000360. The molecule has 10 heteroatoms. The van der Waals surface area contributed by atoms with Crippen molar-refractivity contribution in [2.75, 3.05) is 13.1 Å². The summed E-state index contributed by atoms with van der Waals surface area (Å²) in [5.74, 6) is -0.801. The number of carbonyl (C=O) groups is 2. The summed E-state index contributed by atoms with van der Waals surface area (Å²) in [6.45, 7) is 4.95. The van der Waals surface area contributed by atoms with Crippen molar-refractivity contribution in [3.63, 3.8) is 0 Å². The second-order valence-corrected chi connectivity index (χ2v) is 7.85. The molecule has 2 aromatic rings. The van der Waals surface area contributed by atoms with Crippen LogP contribution in [0.1, 0.15) is 23.5 Å². The fraction of sp³-hybridized carbons (Fsp3) is 0.455. The quantitative estimate of drug-likeness (QED) is 0.722. The second-order valence-electron chi connectivity index (χ2n) is 7.85. The number of hydrogen-bond donors (Lipinski definition) is 2. The van der Waals surface area contributed by atoms with Crippen LogP contribution < -0.4 is 5.32 Å². The highest BCUT2D eigenvalue weighted by atomic mass is 19.4. The van der Waals surface area contributed by atoms with Crippen molar-refractivity contribution in [1.29, 1.82) is 0 Å². The molecular formula is C22H25F3N2O5. The summed E-state index contributed by atoms with van der Waals surface area (Å²) in [5.41, 5.74) is 1.12. The highest BCUT2D eigenvalue weighted by Gasteiger charge is 2.44. The zero-order valence-electron chi connectivity index (χ0n) is 17.5. The van der Waals surface area contributed by atoms with Gasteiger partial charge in [0.1, 0.15) is 11.5 Å². The van der Waals surface area contributed by atoms with E-state index >= 15 is 0 Å². The van der Waals surface area contributed by atoms with Crippen LogP contribution in [0.25, 0.3) is 0 Å². The zero-order valence-corrected chi connectivity index (χ0v) is 17.5. The molecule has 2 N–H and O–H groups in total. The van der Waals surface area contributed by atoms with Crippen LogP contribution in [0.3, 0.4) is 0 Å². The summed E-state index contributed by atoms with van der Waals surface area (Å²) < 4.78 is 43.4. The van der Waals surface area contributed by atoms with Crippen molar-refractivity contribution >= 4 is 11.9 Å². The highest BCUT2D eigenvalue weighted by Crippen LogP contribution is 2.33. The van der Waals surface area contributed by atoms with E-state index in [1.165, 1.54) is 0 Å². The van der Waals surface area contributed by atoms with Gasteiger partial charge in [-0.2, -0.15) is 13.2 Å². The van der Waals surface area contributed by atoms with E-state index in [1.807, 2.05) is 49.4 Å². The van der Waals surface area contributed by atoms with E-state index in [1.54, 1.807) is 0 Å². The van der Waals surface area contributed by atoms with Crippen molar-refractivity contribution in [1.82, 2.24) is 10.2 Å². The van der Waals surface area contributed by atoms with Crippen LogP contribution in [-0.2, 0) is 27.4 Å². The van der Waals surface area contributed by atoms with E-state index in [0.29, 0.717) is 6.54 Å². The van der Waals surface area contributed by atoms with E-state index in [2.05, 4.69) is 10.2 Å². The summed E-state index contributed by atoms with van der Waals surface area (Å²) >= 11 is 0. The minimum Gasteiger partial charge on any atom is -0.475 e. The van der Waals surface area contributed by atoms with Crippen molar-refractivity contribution in [3.8, 4) is 0 Å². The van der Waals surface area contributed by atoms with Gasteiger partial charge in [0.05, 0.1) is 24.7 Å². The molecule has 174 valence electrons. The number of nitrogens with zero attached hydrogens (tertiary/aromatic N) is 1. The molecule has 2 bridgehead atoms. The van der Waals surface area contributed by atoms with Gasteiger partial charge in [0.15, 0.2) is 0 Å². The first-order valence-electron chi connectivity index (χ1n) is 10.2. The van der Waals surface area contributed by atoms with E-state index in [9.17, 15) is 18.0 Å². The Bertz CT molecular complexity index is 916. The molecule has 2 aliphatic heterocycles. The maximum Gasteiger partial charge on any atom is 0.490 e. The molecule has 7 nitrogen and oxygen atoms in total. The van der Waals surface area contributed by atoms with Gasteiger partial charge in [0.25, 0.3) is 0 Å². The van der Waals surface area contributed by atoms with Crippen LogP contribution in [0.15, 0.2) is 46.9 Å². The first kappa shape index (κ1) is 23.8. The predicted octanol–water partition coefficient (Wildman–Crippen LogP) is 3.13. The maximum atomic E-state index is 12.6. The van der Waals surface area contributed by atoms with Gasteiger partial charge in [-0.1, -0.05) is 30.3 Å². The van der Waals surface area contributed by atoms with E-state index in [-0.39, 0.29) is 24.0 Å². The molecule has 4 rings (SSSR count). The number of alkyl halides is 3. The van der Waals surface area contributed by atoms with Crippen molar-refractivity contribution in [3.05, 3.63) is 59.5 Å². The fourth-order valence-corrected chi connectivity index (χ4v) is 3.85. The van der Waals surface area contributed by atoms with Crippen LogP contribution in [0.5, 0.6) is 0 Å². The summed E-state index contributed by atoms with van der Waals surface area (Å²) in [6.07, 6.45) is -4.16. The smallest absolute Gasteiger partial charge is 0.475 e. The Morgan fingerprint density at radius 1 is 1.16 bits per heavy atom. The first-order valence-corrected chi connectivity index (χ1v) is 10.2. The number of furan rings is 1. The Hall–Kier alpha value is -2.85. The molecule has 2 saturated heterocycles. The molecule has 0 spiro atoms. The third-order valence-corrected chi connectivity index (χ3v) is 5.30. The summed E-state index contributed by atoms with van der Waals surface area (Å²) in [6, 6.07) is 14.0. The molecule has 0 saturated carbocycles. The molecule has 1 aromatic heterocycles. The number of aryl methyl sites for hydroxylation is 1. The van der Waals surface area contributed by atoms with Gasteiger partial charge in [-0.15, -0.1) is 0 Å². The fourth-order valence-electron chi connectivity index (χ4n) is 3.85. The monoisotopic (exact) mass is 454 g/mol. The van der Waals surface area contributed by atoms with Crippen LogP contribution >= 0.6 is 0 Å². The summed E-state index contributed by atoms with van der Waals surface area (Å²) in [7, 11) is 0. The van der Waals surface area contributed by atoms with Crippen molar-refractivity contribution in [2.45, 2.75) is 44.8 Å². The van der Waals surface area contributed by atoms with E-state index in [0.717, 1.165) is 43.1 Å². The van der Waals surface area contributed by atoms with Crippen LogP contribution in [0, 0.1) is 12.8 Å². The molecule has 3 heterocycles. The number of hydrogen-bond acceptors (Lipinski definition) is 5. The van der Waals surface area contributed by atoms with Gasteiger partial charge in [-0.05, 0) is 31.0 Å². The number of likely N-dealkylation sites (tertiary alicyclic amines) is 1. The molecule has 3 unspecified atom stereocenters. The van der Waals surface area contributed by atoms with E-state index in [4.69, 9.17) is 19.1 Å².